The number of halogens is 1. The van der Waals surface area contributed by atoms with Crippen LogP contribution in [0.25, 0.3) is 0 Å². The summed E-state index contributed by atoms with van der Waals surface area (Å²) in [7, 11) is -3.88. The van der Waals surface area contributed by atoms with Crippen molar-refractivity contribution in [1.29, 1.82) is 0 Å². The third-order valence-corrected chi connectivity index (χ3v) is 2.66. The van der Waals surface area contributed by atoms with Crippen LogP contribution in [0, 0.1) is 0 Å². The third-order valence-electron chi connectivity index (χ3n) is 0.756. The van der Waals surface area contributed by atoms with Gasteiger partial charge in [-0.1, -0.05) is 0 Å². The summed E-state index contributed by atoms with van der Waals surface area (Å²) in [5.74, 6) is 0.226. The molecule has 1 aromatic heterocycles. The molecule has 0 unspecified atom stereocenters. The Bertz CT molecular complexity index is 344. The monoisotopic (exact) mass is 257 g/mol. The highest BCUT2D eigenvalue weighted by Crippen LogP contribution is 2.26. The van der Waals surface area contributed by atoms with Crippen LogP contribution in [0.3, 0.4) is 0 Å². The molecule has 0 aromatic carbocycles. The largest absolute Gasteiger partial charge is 0.380 e. The van der Waals surface area contributed by atoms with E-state index in [1.807, 2.05) is 0 Å². The van der Waals surface area contributed by atoms with Crippen LogP contribution < -0.4 is 9.32 Å². The van der Waals surface area contributed by atoms with Gasteiger partial charge in [-0.25, -0.2) is 0 Å². The molecular weight excluding hydrogens is 254 g/mol. The number of thiophene rings is 1. The minimum Gasteiger partial charge on any atom is -0.370 e. The van der Waals surface area contributed by atoms with Crippen molar-refractivity contribution in [1.82, 2.24) is 0 Å². The van der Waals surface area contributed by atoms with Gasteiger partial charge in [-0.3, -0.25) is 0 Å². The molecule has 4 nitrogen and oxygen atoms in total. The van der Waals surface area contributed by atoms with Crippen molar-refractivity contribution in [2.24, 2.45) is 5.14 Å². The second-order valence-corrected chi connectivity index (χ2v) is 5.11. The summed E-state index contributed by atoms with van der Waals surface area (Å²) < 4.78 is 25.9. The molecule has 0 amide bonds. The van der Waals surface area contributed by atoms with Gasteiger partial charge >= 0.3 is 10.3 Å². The molecule has 0 saturated heterocycles. The van der Waals surface area contributed by atoms with Crippen LogP contribution in [0.15, 0.2) is 15.2 Å². The quantitative estimate of drug-likeness (QED) is 0.863. The predicted octanol–water partition coefficient (Wildman–Crippen LogP) is 1.09. The van der Waals surface area contributed by atoms with Gasteiger partial charge in [-0.2, -0.15) is 13.6 Å². The summed E-state index contributed by atoms with van der Waals surface area (Å²) in [5.41, 5.74) is 0. The van der Waals surface area contributed by atoms with Crippen molar-refractivity contribution >= 4 is 37.6 Å². The van der Waals surface area contributed by atoms with Crippen LogP contribution in [0.5, 0.6) is 5.75 Å². The Morgan fingerprint density at radius 1 is 1.64 bits per heavy atom. The highest BCUT2D eigenvalue weighted by Gasteiger charge is 2.05. The molecule has 7 heteroatoms. The van der Waals surface area contributed by atoms with E-state index in [1.165, 1.54) is 22.8 Å². The highest BCUT2D eigenvalue weighted by molar-refractivity contribution is 9.11. The molecule has 0 aliphatic carbocycles. The van der Waals surface area contributed by atoms with Crippen molar-refractivity contribution in [3.8, 4) is 5.75 Å². The van der Waals surface area contributed by atoms with E-state index < -0.39 is 10.3 Å². The summed E-state index contributed by atoms with van der Waals surface area (Å²) in [6.07, 6.45) is 0. The molecule has 1 rings (SSSR count). The maximum Gasteiger partial charge on any atom is 0.380 e. The maximum absolute atomic E-state index is 10.4. The summed E-state index contributed by atoms with van der Waals surface area (Å²) in [5, 5.41) is 6.15. The van der Waals surface area contributed by atoms with Crippen LogP contribution in [-0.2, 0) is 10.3 Å². The molecule has 0 spiro atoms. The van der Waals surface area contributed by atoms with E-state index in [0.717, 1.165) is 3.79 Å². The zero-order valence-electron chi connectivity index (χ0n) is 5.15. The van der Waals surface area contributed by atoms with Crippen molar-refractivity contribution in [2.75, 3.05) is 0 Å². The Labute approximate surface area is 76.4 Å². The molecule has 0 aliphatic heterocycles. The lowest BCUT2D eigenvalue weighted by Gasteiger charge is -1.95. The summed E-state index contributed by atoms with van der Waals surface area (Å²) in [6.45, 7) is 0. The standard InChI is InChI=1S/C4H4BrNO3S2/c5-4-1-3(2-10-4)9-11(6,7)8/h1-2H,(H2,6,7,8). The smallest absolute Gasteiger partial charge is 0.370 e. The fourth-order valence-corrected chi connectivity index (χ4v) is 1.93. The first-order valence-corrected chi connectivity index (χ1v) is 5.58. The van der Waals surface area contributed by atoms with Gasteiger partial charge in [0.05, 0.1) is 3.79 Å². The highest BCUT2D eigenvalue weighted by atomic mass is 79.9. The number of rotatable bonds is 2. The van der Waals surface area contributed by atoms with Crippen LogP contribution in [-0.4, -0.2) is 8.42 Å². The van der Waals surface area contributed by atoms with Gasteiger partial charge in [-0.05, 0) is 15.9 Å². The van der Waals surface area contributed by atoms with Gasteiger partial charge in [0, 0.05) is 11.4 Å². The molecule has 1 aromatic rings. The van der Waals surface area contributed by atoms with Crippen LogP contribution >= 0.6 is 27.3 Å². The van der Waals surface area contributed by atoms with E-state index in [4.69, 9.17) is 0 Å². The van der Waals surface area contributed by atoms with E-state index in [9.17, 15) is 8.42 Å². The lowest BCUT2D eigenvalue weighted by molar-refractivity contribution is 0.489. The fourth-order valence-electron chi connectivity index (χ4n) is 0.472. The predicted molar refractivity (Wildman–Crippen MR) is 45.8 cm³/mol. The molecular formula is C4H4BrNO3S2. The molecule has 1 heterocycles. The third kappa shape index (κ3) is 3.19. The summed E-state index contributed by atoms with van der Waals surface area (Å²) >= 11 is 4.46. The fraction of sp³-hybridized carbons (Fsp3) is 0. The van der Waals surface area contributed by atoms with Gasteiger partial charge in [0.2, 0.25) is 0 Å². The molecule has 2 N–H and O–H groups in total. The Hall–Kier alpha value is -0.110. The topological polar surface area (TPSA) is 69.4 Å². The van der Waals surface area contributed by atoms with E-state index in [2.05, 4.69) is 25.3 Å². The van der Waals surface area contributed by atoms with Crippen molar-refractivity contribution < 1.29 is 12.6 Å². The lowest BCUT2D eigenvalue weighted by atomic mass is 10.6. The van der Waals surface area contributed by atoms with Gasteiger partial charge < -0.3 is 4.18 Å². The zero-order valence-corrected chi connectivity index (χ0v) is 8.37. The van der Waals surface area contributed by atoms with Crippen LogP contribution in [0.2, 0.25) is 0 Å². The first-order chi connectivity index (χ1) is 4.97. The maximum atomic E-state index is 10.4. The average Bonchev–Trinajstić information content (AvgIpc) is 2.10. The Kier molecular flexibility index (Phi) is 2.53. The minimum absolute atomic E-state index is 0.226. The van der Waals surface area contributed by atoms with Gasteiger partial charge in [-0.15, -0.1) is 11.3 Å². The van der Waals surface area contributed by atoms with E-state index in [1.54, 1.807) is 0 Å². The van der Waals surface area contributed by atoms with Gasteiger partial charge in [0.15, 0.2) is 5.75 Å². The first-order valence-electron chi connectivity index (χ1n) is 2.43. The number of nitrogens with two attached hydrogens (primary N) is 1. The normalized spacial score (nSPS) is 11.5. The molecule has 0 saturated carbocycles. The van der Waals surface area contributed by atoms with E-state index in [0.29, 0.717) is 0 Å². The van der Waals surface area contributed by atoms with E-state index >= 15 is 0 Å². The number of hydrogen-bond acceptors (Lipinski definition) is 4. The minimum atomic E-state index is -3.88. The second kappa shape index (κ2) is 3.10. The van der Waals surface area contributed by atoms with Crippen molar-refractivity contribution in [3.63, 3.8) is 0 Å². The summed E-state index contributed by atoms with van der Waals surface area (Å²) in [4.78, 5) is 0. The van der Waals surface area contributed by atoms with Gasteiger partial charge in [0.25, 0.3) is 0 Å². The Morgan fingerprint density at radius 3 is 2.64 bits per heavy atom. The molecule has 0 aliphatic rings. The number of hydrogen-bond donors (Lipinski definition) is 1. The lowest BCUT2D eigenvalue weighted by Crippen LogP contribution is -2.18. The Morgan fingerprint density at radius 2 is 2.27 bits per heavy atom. The molecule has 0 fully saturated rings. The summed E-state index contributed by atoms with van der Waals surface area (Å²) in [6, 6.07) is 1.52. The Balaban J connectivity index is 2.81. The second-order valence-electron chi connectivity index (χ2n) is 1.66. The molecule has 0 atom stereocenters. The zero-order chi connectivity index (χ0) is 8.48. The van der Waals surface area contributed by atoms with Crippen LogP contribution in [0.4, 0.5) is 0 Å². The SMILES string of the molecule is NS(=O)(=O)Oc1csc(Br)c1. The molecule has 11 heavy (non-hydrogen) atoms. The molecule has 0 radical (unpaired) electrons. The average molecular weight is 258 g/mol. The van der Waals surface area contributed by atoms with Gasteiger partial charge in [0.1, 0.15) is 0 Å². The first kappa shape index (κ1) is 8.98. The van der Waals surface area contributed by atoms with E-state index in [-0.39, 0.29) is 5.75 Å². The molecule has 62 valence electrons. The van der Waals surface area contributed by atoms with Crippen molar-refractivity contribution in [3.05, 3.63) is 15.2 Å². The molecule has 0 bridgehead atoms. The van der Waals surface area contributed by atoms with Crippen molar-refractivity contribution in [2.45, 2.75) is 0 Å². The van der Waals surface area contributed by atoms with Crippen LogP contribution in [0.1, 0.15) is 0 Å².